The lowest BCUT2D eigenvalue weighted by Crippen LogP contribution is -2.45. The highest BCUT2D eigenvalue weighted by Crippen LogP contribution is 2.53. The van der Waals surface area contributed by atoms with E-state index in [9.17, 15) is 5.11 Å². The summed E-state index contributed by atoms with van der Waals surface area (Å²) in [4.78, 5) is 0. The van der Waals surface area contributed by atoms with Crippen LogP contribution in [-0.2, 0) is 9.47 Å². The zero-order valence-corrected chi connectivity index (χ0v) is 13.6. The van der Waals surface area contributed by atoms with Gasteiger partial charge in [-0.1, -0.05) is 26.8 Å². The van der Waals surface area contributed by atoms with E-state index in [1.54, 1.807) is 7.11 Å². The number of allylic oxidation sites excluding steroid dienone is 1. The van der Waals surface area contributed by atoms with Gasteiger partial charge in [0.15, 0.2) is 0 Å². The fraction of sp³-hybridized carbons (Fsp3) is 0.882. The van der Waals surface area contributed by atoms with Crippen LogP contribution in [0.3, 0.4) is 0 Å². The van der Waals surface area contributed by atoms with Gasteiger partial charge in [-0.15, -0.1) is 0 Å². The first kappa shape index (κ1) is 16.0. The Morgan fingerprint density at radius 3 is 2.75 bits per heavy atom. The van der Waals surface area contributed by atoms with E-state index in [4.69, 9.17) is 9.47 Å². The molecule has 0 aromatic rings. The van der Waals surface area contributed by atoms with Gasteiger partial charge in [0, 0.05) is 13.5 Å². The second kappa shape index (κ2) is 6.17. The van der Waals surface area contributed by atoms with E-state index in [1.165, 1.54) is 12.0 Å². The SMILES string of the molecule is COC1CC2(CC(C)C1O)OC2C(C)=CCCC(C)C. The van der Waals surface area contributed by atoms with Crippen LogP contribution in [0.4, 0.5) is 0 Å². The molecular weight excluding hydrogens is 252 g/mol. The van der Waals surface area contributed by atoms with E-state index >= 15 is 0 Å². The third kappa shape index (κ3) is 3.26. The Labute approximate surface area is 123 Å². The van der Waals surface area contributed by atoms with Crippen LogP contribution in [0.15, 0.2) is 11.6 Å². The summed E-state index contributed by atoms with van der Waals surface area (Å²) in [7, 11) is 1.68. The Bertz CT molecular complexity index is 363. The molecule has 20 heavy (non-hydrogen) atoms. The third-order valence-corrected chi connectivity index (χ3v) is 4.88. The van der Waals surface area contributed by atoms with E-state index in [1.807, 2.05) is 0 Å². The smallest absolute Gasteiger partial charge is 0.108 e. The molecule has 0 bridgehead atoms. The standard InChI is InChI=1S/C17H30O3/c1-11(2)7-6-8-12(3)16-17(20-16)9-13(4)15(18)14(10-17)19-5/h8,11,13-16,18H,6-7,9-10H2,1-5H3. The predicted octanol–water partition coefficient (Wildman–Crippen LogP) is 3.31. The van der Waals surface area contributed by atoms with Crippen molar-refractivity contribution in [1.82, 2.24) is 0 Å². The van der Waals surface area contributed by atoms with E-state index in [0.717, 1.165) is 25.2 Å². The molecule has 0 amide bonds. The molecule has 116 valence electrons. The Morgan fingerprint density at radius 2 is 2.15 bits per heavy atom. The third-order valence-electron chi connectivity index (χ3n) is 4.88. The maximum atomic E-state index is 10.1. The Morgan fingerprint density at radius 1 is 1.45 bits per heavy atom. The van der Waals surface area contributed by atoms with Crippen LogP contribution in [-0.4, -0.2) is 36.1 Å². The first-order valence-electron chi connectivity index (χ1n) is 7.95. The number of aliphatic hydroxyl groups excluding tert-OH is 1. The minimum Gasteiger partial charge on any atom is -0.390 e. The fourth-order valence-electron chi connectivity index (χ4n) is 3.57. The highest BCUT2D eigenvalue weighted by atomic mass is 16.6. The van der Waals surface area contributed by atoms with Crippen molar-refractivity contribution in [2.24, 2.45) is 11.8 Å². The molecule has 2 rings (SSSR count). The molecule has 1 saturated carbocycles. The Kier molecular flexibility index (Phi) is 4.93. The highest BCUT2D eigenvalue weighted by Gasteiger charge is 2.61. The van der Waals surface area contributed by atoms with E-state index in [2.05, 4.69) is 33.8 Å². The summed E-state index contributed by atoms with van der Waals surface area (Å²) < 4.78 is 11.5. The van der Waals surface area contributed by atoms with Crippen LogP contribution < -0.4 is 0 Å². The second-order valence-electron chi connectivity index (χ2n) is 7.13. The van der Waals surface area contributed by atoms with Crippen molar-refractivity contribution in [3.63, 3.8) is 0 Å². The van der Waals surface area contributed by atoms with Crippen LogP contribution >= 0.6 is 0 Å². The normalized spacial score (nSPS) is 41.5. The zero-order valence-electron chi connectivity index (χ0n) is 13.6. The molecule has 1 aliphatic carbocycles. The van der Waals surface area contributed by atoms with Crippen molar-refractivity contribution in [2.75, 3.05) is 7.11 Å². The molecule has 2 aliphatic rings. The lowest BCUT2D eigenvalue weighted by atomic mass is 9.75. The van der Waals surface area contributed by atoms with E-state index in [0.29, 0.717) is 0 Å². The average molecular weight is 282 g/mol. The average Bonchev–Trinajstić information content (AvgIpc) is 3.07. The molecule has 0 radical (unpaired) electrons. The van der Waals surface area contributed by atoms with Gasteiger partial charge >= 0.3 is 0 Å². The summed E-state index contributed by atoms with van der Waals surface area (Å²) in [5.74, 6) is 0.984. The molecule has 0 aromatic heterocycles. The molecule has 1 N–H and O–H groups in total. The molecule has 1 heterocycles. The summed E-state index contributed by atoms with van der Waals surface area (Å²) >= 11 is 0. The van der Waals surface area contributed by atoms with Crippen molar-refractivity contribution < 1.29 is 14.6 Å². The number of aliphatic hydroxyl groups is 1. The van der Waals surface area contributed by atoms with Gasteiger partial charge in [-0.2, -0.15) is 0 Å². The predicted molar refractivity (Wildman–Crippen MR) is 80.6 cm³/mol. The number of hydrogen-bond acceptors (Lipinski definition) is 3. The highest BCUT2D eigenvalue weighted by molar-refractivity contribution is 5.24. The molecule has 1 aliphatic heterocycles. The Hall–Kier alpha value is -0.380. The molecule has 1 saturated heterocycles. The van der Waals surface area contributed by atoms with Gasteiger partial charge in [-0.05, 0) is 43.6 Å². The van der Waals surface area contributed by atoms with Gasteiger partial charge in [-0.25, -0.2) is 0 Å². The van der Waals surface area contributed by atoms with Crippen molar-refractivity contribution in [1.29, 1.82) is 0 Å². The Balaban J connectivity index is 1.95. The van der Waals surface area contributed by atoms with Gasteiger partial charge in [0.1, 0.15) is 11.7 Å². The molecule has 0 aromatic carbocycles. The van der Waals surface area contributed by atoms with Crippen LogP contribution in [0.2, 0.25) is 0 Å². The summed E-state index contributed by atoms with van der Waals surface area (Å²) in [6, 6.07) is 0. The molecule has 1 spiro atoms. The summed E-state index contributed by atoms with van der Waals surface area (Å²) in [6.07, 6.45) is 6.23. The largest absolute Gasteiger partial charge is 0.390 e. The van der Waals surface area contributed by atoms with Gasteiger partial charge in [0.2, 0.25) is 0 Å². The molecule has 3 heteroatoms. The summed E-state index contributed by atoms with van der Waals surface area (Å²) in [5, 5.41) is 10.1. The van der Waals surface area contributed by atoms with Gasteiger partial charge in [0.25, 0.3) is 0 Å². The summed E-state index contributed by atoms with van der Waals surface area (Å²) in [5.41, 5.74) is 1.28. The van der Waals surface area contributed by atoms with Crippen molar-refractivity contribution in [3.8, 4) is 0 Å². The topological polar surface area (TPSA) is 42.0 Å². The van der Waals surface area contributed by atoms with Crippen LogP contribution in [0, 0.1) is 11.8 Å². The first-order chi connectivity index (χ1) is 9.39. The van der Waals surface area contributed by atoms with Crippen LogP contribution in [0.25, 0.3) is 0 Å². The van der Waals surface area contributed by atoms with Crippen molar-refractivity contribution in [3.05, 3.63) is 11.6 Å². The van der Waals surface area contributed by atoms with Crippen LogP contribution in [0.1, 0.15) is 53.4 Å². The quantitative estimate of drug-likeness (QED) is 0.621. The zero-order chi connectivity index (χ0) is 14.9. The van der Waals surface area contributed by atoms with Crippen molar-refractivity contribution >= 4 is 0 Å². The maximum absolute atomic E-state index is 10.1. The molecular formula is C17H30O3. The van der Waals surface area contributed by atoms with Gasteiger partial charge in [0.05, 0.1) is 12.2 Å². The minimum absolute atomic E-state index is 0.0717. The summed E-state index contributed by atoms with van der Waals surface area (Å²) in [6.45, 7) is 8.78. The number of methoxy groups -OCH3 is 1. The maximum Gasteiger partial charge on any atom is 0.108 e. The number of hydrogen-bond donors (Lipinski definition) is 1. The van der Waals surface area contributed by atoms with E-state index in [-0.39, 0.29) is 29.8 Å². The molecule has 5 atom stereocenters. The number of ether oxygens (including phenoxy) is 2. The lowest BCUT2D eigenvalue weighted by Gasteiger charge is -2.36. The number of epoxide rings is 1. The minimum atomic E-state index is -0.360. The molecule has 2 fully saturated rings. The monoisotopic (exact) mass is 282 g/mol. The lowest BCUT2D eigenvalue weighted by molar-refractivity contribution is -0.0825. The van der Waals surface area contributed by atoms with Gasteiger partial charge < -0.3 is 14.6 Å². The van der Waals surface area contributed by atoms with E-state index < -0.39 is 0 Å². The second-order valence-corrected chi connectivity index (χ2v) is 7.13. The molecule has 5 unspecified atom stereocenters. The van der Waals surface area contributed by atoms with Crippen molar-refractivity contribution in [2.45, 2.75) is 77.3 Å². The molecule has 3 nitrogen and oxygen atoms in total. The van der Waals surface area contributed by atoms with Crippen LogP contribution in [0.5, 0.6) is 0 Å². The first-order valence-corrected chi connectivity index (χ1v) is 7.95. The van der Waals surface area contributed by atoms with Gasteiger partial charge in [-0.3, -0.25) is 0 Å². The fourth-order valence-corrected chi connectivity index (χ4v) is 3.57. The number of rotatable bonds is 5.